The maximum atomic E-state index is 12.7. The molecule has 126 valence electrons. The quantitative estimate of drug-likeness (QED) is 0.734. The topological polar surface area (TPSA) is 59.5 Å². The van der Waals surface area contributed by atoms with Crippen LogP contribution in [-0.4, -0.2) is 41.8 Å². The molecule has 1 aromatic heterocycles. The number of hydrogen-bond donors (Lipinski definition) is 0. The second-order valence-electron chi connectivity index (χ2n) is 5.34. The van der Waals surface area contributed by atoms with Crippen LogP contribution in [0.25, 0.3) is 0 Å². The van der Waals surface area contributed by atoms with Crippen molar-refractivity contribution < 1.29 is 14.3 Å². The lowest BCUT2D eigenvalue weighted by Crippen LogP contribution is -2.31. The van der Waals surface area contributed by atoms with E-state index in [9.17, 15) is 9.59 Å². The van der Waals surface area contributed by atoms with Gasteiger partial charge < -0.3 is 9.64 Å². The van der Waals surface area contributed by atoms with E-state index in [1.807, 2.05) is 13.8 Å². The number of amides is 1. The fraction of sp³-hybridized carbons (Fsp3) is 0.316. The van der Waals surface area contributed by atoms with Crippen LogP contribution in [0.15, 0.2) is 42.7 Å². The third kappa shape index (κ3) is 3.98. The van der Waals surface area contributed by atoms with E-state index in [0.717, 1.165) is 0 Å². The Labute approximate surface area is 142 Å². The first kappa shape index (κ1) is 17.7. The average molecular weight is 326 g/mol. The number of rotatable bonds is 7. The molecule has 5 nitrogen and oxygen atoms in total. The summed E-state index contributed by atoms with van der Waals surface area (Å²) in [5.41, 5.74) is 1.73. The number of ketones is 1. The summed E-state index contributed by atoms with van der Waals surface area (Å²) in [7, 11) is 1.56. The number of nitrogens with zero attached hydrogens (tertiary/aromatic N) is 2. The molecule has 0 fully saturated rings. The van der Waals surface area contributed by atoms with E-state index < -0.39 is 0 Å². The molecule has 0 saturated heterocycles. The number of ether oxygens (including phenoxy) is 1. The molecule has 0 bridgehead atoms. The molecule has 0 unspecified atom stereocenters. The van der Waals surface area contributed by atoms with Gasteiger partial charge in [0.25, 0.3) is 5.91 Å². The van der Waals surface area contributed by atoms with Gasteiger partial charge in [0.1, 0.15) is 5.75 Å². The van der Waals surface area contributed by atoms with Crippen LogP contribution in [0.4, 0.5) is 0 Å². The molecule has 1 aromatic carbocycles. The minimum absolute atomic E-state index is 0.0726. The highest BCUT2D eigenvalue weighted by Gasteiger charge is 2.19. The van der Waals surface area contributed by atoms with Crippen molar-refractivity contribution in [3.8, 4) is 5.75 Å². The van der Waals surface area contributed by atoms with Crippen LogP contribution in [0.5, 0.6) is 5.75 Å². The maximum Gasteiger partial charge on any atom is 0.254 e. The molecule has 0 aliphatic carbocycles. The van der Waals surface area contributed by atoms with Gasteiger partial charge in [0.15, 0.2) is 5.78 Å². The predicted molar refractivity (Wildman–Crippen MR) is 92.5 cm³/mol. The molecule has 1 amide bonds. The van der Waals surface area contributed by atoms with Crippen LogP contribution in [0.1, 0.15) is 40.1 Å². The Kier molecular flexibility index (Phi) is 6.07. The summed E-state index contributed by atoms with van der Waals surface area (Å²) in [5.74, 6) is 0.474. The van der Waals surface area contributed by atoms with Crippen LogP contribution in [0, 0.1) is 0 Å². The summed E-state index contributed by atoms with van der Waals surface area (Å²) in [6.07, 6.45) is 3.29. The lowest BCUT2D eigenvalue weighted by Gasteiger charge is -2.20. The first-order valence-electron chi connectivity index (χ1n) is 8.00. The summed E-state index contributed by atoms with van der Waals surface area (Å²) in [4.78, 5) is 30.9. The zero-order valence-corrected chi connectivity index (χ0v) is 14.3. The van der Waals surface area contributed by atoms with Crippen molar-refractivity contribution in [1.82, 2.24) is 9.88 Å². The zero-order valence-electron chi connectivity index (χ0n) is 14.3. The van der Waals surface area contributed by atoms with E-state index in [0.29, 0.717) is 35.5 Å². The SMILES string of the molecule is CCN(CC)C(=O)c1ccc(OC)cc1CC(=O)c1cccnc1. The monoisotopic (exact) mass is 326 g/mol. The lowest BCUT2D eigenvalue weighted by molar-refractivity contribution is 0.0772. The second-order valence-corrected chi connectivity index (χ2v) is 5.34. The van der Waals surface area contributed by atoms with Crippen LogP contribution >= 0.6 is 0 Å². The van der Waals surface area contributed by atoms with Gasteiger partial charge in [0.05, 0.1) is 7.11 Å². The number of aromatic nitrogens is 1. The van der Waals surface area contributed by atoms with Crippen molar-refractivity contribution >= 4 is 11.7 Å². The standard InChI is InChI=1S/C19H22N2O3/c1-4-21(5-2)19(23)17-9-8-16(24-3)11-15(17)12-18(22)14-7-6-10-20-13-14/h6-11,13H,4-5,12H2,1-3H3. The van der Waals surface area contributed by atoms with Crippen LogP contribution in [-0.2, 0) is 6.42 Å². The van der Waals surface area contributed by atoms with Crippen LogP contribution < -0.4 is 4.74 Å². The van der Waals surface area contributed by atoms with Gasteiger partial charge >= 0.3 is 0 Å². The maximum absolute atomic E-state index is 12.7. The van der Waals surface area contributed by atoms with Gasteiger partial charge in [-0.1, -0.05) is 0 Å². The number of methoxy groups -OCH3 is 1. The van der Waals surface area contributed by atoms with Gasteiger partial charge in [0, 0.05) is 43.0 Å². The molecule has 0 atom stereocenters. The molecular formula is C19H22N2O3. The van der Waals surface area contributed by atoms with Crippen molar-refractivity contribution in [1.29, 1.82) is 0 Å². The predicted octanol–water partition coefficient (Wildman–Crippen LogP) is 3.00. The number of Topliss-reactive ketones (excluding diaryl/α,β-unsaturated/α-hetero) is 1. The van der Waals surface area contributed by atoms with Crippen molar-refractivity contribution in [3.63, 3.8) is 0 Å². The summed E-state index contributed by atoms with van der Waals surface area (Å²) in [6.45, 7) is 5.12. The summed E-state index contributed by atoms with van der Waals surface area (Å²) >= 11 is 0. The first-order valence-corrected chi connectivity index (χ1v) is 8.00. The summed E-state index contributed by atoms with van der Waals surface area (Å²) in [6, 6.07) is 8.67. The molecule has 0 aliphatic rings. The Morgan fingerprint density at radius 2 is 1.92 bits per heavy atom. The number of hydrogen-bond acceptors (Lipinski definition) is 4. The largest absolute Gasteiger partial charge is 0.497 e. The van der Waals surface area contributed by atoms with Gasteiger partial charge in [-0.25, -0.2) is 0 Å². The van der Waals surface area contributed by atoms with E-state index in [1.165, 1.54) is 6.20 Å². The molecule has 1 heterocycles. The van der Waals surface area contributed by atoms with E-state index in [2.05, 4.69) is 4.98 Å². The Balaban J connectivity index is 2.36. The molecule has 5 heteroatoms. The van der Waals surface area contributed by atoms with Gasteiger partial charge in [-0.3, -0.25) is 14.6 Å². The number of carbonyl (C=O) groups excluding carboxylic acids is 2. The first-order chi connectivity index (χ1) is 11.6. The highest BCUT2D eigenvalue weighted by molar-refractivity contribution is 6.01. The molecule has 24 heavy (non-hydrogen) atoms. The lowest BCUT2D eigenvalue weighted by atomic mass is 9.98. The van der Waals surface area contributed by atoms with E-state index >= 15 is 0 Å². The second kappa shape index (κ2) is 8.24. The fourth-order valence-electron chi connectivity index (χ4n) is 2.54. The molecule has 2 aromatic rings. The molecule has 2 rings (SSSR count). The highest BCUT2D eigenvalue weighted by Crippen LogP contribution is 2.21. The Hall–Kier alpha value is -2.69. The van der Waals surface area contributed by atoms with E-state index in [1.54, 1.807) is 48.5 Å². The van der Waals surface area contributed by atoms with Crippen LogP contribution in [0.3, 0.4) is 0 Å². The molecule has 0 radical (unpaired) electrons. The smallest absolute Gasteiger partial charge is 0.254 e. The molecule has 0 spiro atoms. The van der Waals surface area contributed by atoms with Gasteiger partial charge in [0.2, 0.25) is 0 Å². The molecule has 0 saturated carbocycles. The van der Waals surface area contributed by atoms with E-state index in [4.69, 9.17) is 4.74 Å². The van der Waals surface area contributed by atoms with Crippen molar-refractivity contribution in [2.75, 3.05) is 20.2 Å². The summed E-state index contributed by atoms with van der Waals surface area (Å²) < 4.78 is 5.24. The Morgan fingerprint density at radius 3 is 2.50 bits per heavy atom. The van der Waals surface area contributed by atoms with Crippen molar-refractivity contribution in [2.24, 2.45) is 0 Å². The Bertz CT molecular complexity index is 710. The number of pyridine rings is 1. The minimum atomic E-state index is -0.0787. The summed E-state index contributed by atoms with van der Waals surface area (Å²) in [5, 5.41) is 0. The molecule has 0 N–H and O–H groups in total. The average Bonchev–Trinajstić information content (AvgIpc) is 2.63. The normalized spacial score (nSPS) is 10.3. The number of carbonyl (C=O) groups is 2. The van der Waals surface area contributed by atoms with Crippen molar-refractivity contribution in [2.45, 2.75) is 20.3 Å². The minimum Gasteiger partial charge on any atom is -0.497 e. The number of benzene rings is 1. The van der Waals surface area contributed by atoms with Gasteiger partial charge in [-0.2, -0.15) is 0 Å². The third-order valence-electron chi connectivity index (χ3n) is 3.93. The zero-order chi connectivity index (χ0) is 17.5. The fourth-order valence-corrected chi connectivity index (χ4v) is 2.54. The molecular weight excluding hydrogens is 304 g/mol. The van der Waals surface area contributed by atoms with E-state index in [-0.39, 0.29) is 18.1 Å². The third-order valence-corrected chi connectivity index (χ3v) is 3.93. The van der Waals surface area contributed by atoms with Gasteiger partial charge in [-0.15, -0.1) is 0 Å². The molecule has 0 aliphatic heterocycles. The Morgan fingerprint density at radius 1 is 1.17 bits per heavy atom. The van der Waals surface area contributed by atoms with Gasteiger partial charge in [-0.05, 0) is 49.7 Å². The van der Waals surface area contributed by atoms with Crippen molar-refractivity contribution in [3.05, 3.63) is 59.4 Å². The highest BCUT2D eigenvalue weighted by atomic mass is 16.5. The van der Waals surface area contributed by atoms with Crippen LogP contribution in [0.2, 0.25) is 0 Å².